The van der Waals surface area contributed by atoms with Crippen molar-refractivity contribution >= 4 is 11.5 Å². The fraction of sp³-hybridized carbons (Fsp3) is 0.167. The summed E-state index contributed by atoms with van der Waals surface area (Å²) in [5, 5.41) is 0. The third-order valence-corrected chi connectivity index (χ3v) is 2.92. The first-order valence-corrected chi connectivity index (χ1v) is 6.66. The summed E-state index contributed by atoms with van der Waals surface area (Å²) in [5.41, 5.74) is 3.29. The lowest BCUT2D eigenvalue weighted by Crippen LogP contribution is -2.10. The summed E-state index contributed by atoms with van der Waals surface area (Å²) in [5.74, 6) is -0.269. The Hall–Kier alpha value is -2.35. The molecule has 2 aromatic rings. The third-order valence-electron chi connectivity index (χ3n) is 2.92. The van der Waals surface area contributed by atoms with Gasteiger partial charge in [-0.1, -0.05) is 60.7 Å². The number of hydrogen-bond acceptors (Lipinski definition) is 2. The molecule has 0 radical (unpaired) electrons. The Morgan fingerprint density at radius 2 is 1.40 bits per heavy atom. The predicted octanol–water partition coefficient (Wildman–Crippen LogP) is 4.07. The zero-order valence-corrected chi connectivity index (χ0v) is 11.7. The Labute approximate surface area is 119 Å². The summed E-state index contributed by atoms with van der Waals surface area (Å²) in [4.78, 5) is 11.1. The van der Waals surface area contributed by atoms with Crippen molar-refractivity contribution in [2.45, 2.75) is 20.0 Å². The zero-order chi connectivity index (χ0) is 14.4. The highest BCUT2D eigenvalue weighted by molar-refractivity contribution is 5.80. The average Bonchev–Trinajstić information content (AvgIpc) is 2.46. The van der Waals surface area contributed by atoms with Crippen LogP contribution in [0.5, 0.6) is 0 Å². The molecular weight excluding hydrogens is 248 g/mol. The second-order valence-corrected chi connectivity index (χ2v) is 4.63. The van der Waals surface area contributed by atoms with E-state index in [0.717, 1.165) is 16.7 Å². The van der Waals surface area contributed by atoms with Crippen molar-refractivity contribution in [2.75, 3.05) is 0 Å². The minimum Gasteiger partial charge on any atom is -0.459 e. The van der Waals surface area contributed by atoms with E-state index in [-0.39, 0.29) is 12.1 Å². The number of carbonyl (C=O) groups is 1. The minimum absolute atomic E-state index is 0.261. The molecule has 1 unspecified atom stereocenters. The van der Waals surface area contributed by atoms with Gasteiger partial charge in [0.2, 0.25) is 0 Å². The molecule has 0 bridgehead atoms. The van der Waals surface area contributed by atoms with Gasteiger partial charge in [0.1, 0.15) is 6.10 Å². The van der Waals surface area contributed by atoms with Gasteiger partial charge in [0.05, 0.1) is 0 Å². The summed E-state index contributed by atoms with van der Waals surface area (Å²) < 4.78 is 5.21. The molecule has 0 amide bonds. The number of esters is 1. The molecule has 0 aliphatic carbocycles. The second-order valence-electron chi connectivity index (χ2n) is 4.63. The fourth-order valence-electron chi connectivity index (χ4n) is 2.13. The van der Waals surface area contributed by atoms with E-state index in [1.807, 2.05) is 49.4 Å². The highest BCUT2D eigenvalue weighted by Crippen LogP contribution is 2.24. The molecule has 2 heteroatoms. The Morgan fingerprint density at radius 1 is 0.950 bits per heavy atom. The van der Waals surface area contributed by atoms with Gasteiger partial charge in [-0.25, -0.2) is 0 Å². The molecule has 0 heterocycles. The first-order valence-electron chi connectivity index (χ1n) is 6.66. The largest absolute Gasteiger partial charge is 0.459 e. The smallest absolute Gasteiger partial charge is 0.303 e. The van der Waals surface area contributed by atoms with Crippen molar-refractivity contribution in [3.63, 3.8) is 0 Å². The van der Waals surface area contributed by atoms with E-state index in [2.05, 4.69) is 24.3 Å². The molecule has 2 aromatic carbocycles. The third kappa shape index (κ3) is 3.82. The van der Waals surface area contributed by atoms with E-state index in [9.17, 15) is 4.79 Å². The van der Waals surface area contributed by atoms with Crippen LogP contribution in [0.15, 0.2) is 66.7 Å². The first-order chi connectivity index (χ1) is 9.66. The topological polar surface area (TPSA) is 26.3 Å². The summed E-state index contributed by atoms with van der Waals surface area (Å²) >= 11 is 0. The van der Waals surface area contributed by atoms with Gasteiger partial charge < -0.3 is 4.74 Å². The van der Waals surface area contributed by atoms with Crippen LogP contribution < -0.4 is 0 Å². The zero-order valence-electron chi connectivity index (χ0n) is 11.7. The highest BCUT2D eigenvalue weighted by atomic mass is 16.5. The molecule has 0 fully saturated rings. The molecule has 2 nitrogen and oxygen atoms in total. The van der Waals surface area contributed by atoms with Crippen LogP contribution in [-0.2, 0) is 9.53 Å². The van der Waals surface area contributed by atoms with Crippen LogP contribution in [0.1, 0.15) is 25.0 Å². The van der Waals surface area contributed by atoms with Crippen LogP contribution in [0.3, 0.4) is 0 Å². The second kappa shape index (κ2) is 6.71. The molecule has 0 aliphatic heterocycles. The van der Waals surface area contributed by atoms with Crippen molar-refractivity contribution in [3.05, 3.63) is 77.9 Å². The summed E-state index contributed by atoms with van der Waals surface area (Å²) in [6, 6.07) is 20.2. The van der Waals surface area contributed by atoms with E-state index in [0.29, 0.717) is 0 Å². The number of carbonyl (C=O) groups excluding carboxylic acids is 1. The van der Waals surface area contributed by atoms with Crippen LogP contribution in [0.25, 0.3) is 5.57 Å². The number of benzene rings is 2. The number of ether oxygens (including phenoxy) is 1. The lowest BCUT2D eigenvalue weighted by Gasteiger charge is -2.13. The monoisotopic (exact) mass is 266 g/mol. The Balaban J connectivity index is 2.40. The van der Waals surface area contributed by atoms with Crippen molar-refractivity contribution in [1.29, 1.82) is 0 Å². The van der Waals surface area contributed by atoms with E-state index < -0.39 is 0 Å². The Morgan fingerprint density at radius 3 is 1.80 bits per heavy atom. The van der Waals surface area contributed by atoms with Crippen LogP contribution in [0, 0.1) is 0 Å². The predicted molar refractivity (Wildman–Crippen MR) is 81.2 cm³/mol. The Kier molecular flexibility index (Phi) is 4.72. The van der Waals surface area contributed by atoms with Crippen molar-refractivity contribution in [1.82, 2.24) is 0 Å². The molecule has 0 N–H and O–H groups in total. The van der Waals surface area contributed by atoms with Gasteiger partial charge in [0, 0.05) is 6.92 Å². The Bertz CT molecular complexity index is 544. The maximum Gasteiger partial charge on any atom is 0.303 e. The van der Waals surface area contributed by atoms with E-state index in [1.54, 1.807) is 0 Å². The maximum absolute atomic E-state index is 11.1. The molecule has 20 heavy (non-hydrogen) atoms. The standard InChI is InChI=1S/C18H18O2/c1-14(20-15(2)19)13-18(16-9-5-3-6-10-16)17-11-7-4-8-12-17/h3-14H,1-2H3. The molecule has 0 spiro atoms. The van der Waals surface area contributed by atoms with Gasteiger partial charge >= 0.3 is 5.97 Å². The molecule has 0 saturated carbocycles. The first kappa shape index (κ1) is 14.1. The van der Waals surface area contributed by atoms with Gasteiger partial charge in [-0.3, -0.25) is 4.79 Å². The van der Waals surface area contributed by atoms with Crippen molar-refractivity contribution in [2.24, 2.45) is 0 Å². The van der Waals surface area contributed by atoms with Gasteiger partial charge in [0.15, 0.2) is 0 Å². The molecule has 102 valence electrons. The molecule has 0 saturated heterocycles. The highest BCUT2D eigenvalue weighted by Gasteiger charge is 2.08. The summed E-state index contributed by atoms with van der Waals surface area (Å²) in [6.07, 6.45) is 1.72. The van der Waals surface area contributed by atoms with Gasteiger partial charge in [0.25, 0.3) is 0 Å². The number of hydrogen-bond donors (Lipinski definition) is 0. The minimum atomic E-state index is -0.269. The normalized spacial score (nSPS) is 11.5. The lowest BCUT2D eigenvalue weighted by molar-refractivity contribution is -0.143. The molecule has 0 aliphatic rings. The molecule has 2 rings (SSSR count). The van der Waals surface area contributed by atoms with Gasteiger partial charge in [-0.05, 0) is 29.7 Å². The lowest BCUT2D eigenvalue weighted by atomic mass is 9.96. The molecule has 1 atom stereocenters. The van der Waals surface area contributed by atoms with E-state index in [4.69, 9.17) is 4.74 Å². The van der Waals surface area contributed by atoms with E-state index in [1.165, 1.54) is 6.92 Å². The summed E-state index contributed by atoms with van der Waals surface area (Å²) in [6.45, 7) is 3.29. The SMILES string of the molecule is CC(=O)OC(C)C=C(c1ccccc1)c1ccccc1. The van der Waals surface area contributed by atoms with Gasteiger partial charge in [-0.2, -0.15) is 0 Å². The van der Waals surface area contributed by atoms with Crippen LogP contribution in [-0.4, -0.2) is 12.1 Å². The van der Waals surface area contributed by atoms with Gasteiger partial charge in [-0.15, -0.1) is 0 Å². The van der Waals surface area contributed by atoms with Crippen molar-refractivity contribution in [3.8, 4) is 0 Å². The van der Waals surface area contributed by atoms with Crippen LogP contribution in [0.4, 0.5) is 0 Å². The maximum atomic E-state index is 11.1. The summed E-state index contributed by atoms with van der Waals surface area (Å²) in [7, 11) is 0. The van der Waals surface area contributed by atoms with Crippen molar-refractivity contribution < 1.29 is 9.53 Å². The molecular formula is C18H18O2. The average molecular weight is 266 g/mol. The fourth-order valence-corrected chi connectivity index (χ4v) is 2.13. The quantitative estimate of drug-likeness (QED) is 0.780. The molecule has 0 aromatic heterocycles. The van der Waals surface area contributed by atoms with E-state index >= 15 is 0 Å². The van der Waals surface area contributed by atoms with Crippen LogP contribution in [0.2, 0.25) is 0 Å². The van der Waals surface area contributed by atoms with Crippen LogP contribution >= 0.6 is 0 Å². The number of rotatable bonds is 4.